The minimum absolute atomic E-state index is 0.113. The molecule has 0 fully saturated rings. The number of nitrogens with zero attached hydrogens (tertiary/aromatic N) is 2. The van der Waals surface area contributed by atoms with E-state index < -0.39 is 5.82 Å². The fourth-order valence-corrected chi connectivity index (χ4v) is 2.61. The fourth-order valence-electron chi connectivity index (χ4n) is 1.89. The smallest absolute Gasteiger partial charge is 0.193 e. The van der Waals surface area contributed by atoms with Crippen LogP contribution < -0.4 is 5.73 Å². The summed E-state index contributed by atoms with van der Waals surface area (Å²) in [5.74, 6) is -0.703. The highest BCUT2D eigenvalue weighted by atomic mass is 32.1. The Balaban J connectivity index is 1.88. The number of hydrogen-bond acceptors (Lipinski definition) is 4. The van der Waals surface area contributed by atoms with Gasteiger partial charge in [0, 0.05) is 29.0 Å². The molecule has 0 unspecified atom stereocenters. The molecule has 3 rings (SSSR count). The molecule has 4 nitrogen and oxygen atoms in total. The third-order valence-corrected chi connectivity index (χ3v) is 3.57. The largest absolute Gasteiger partial charge is 0.398 e. The predicted octanol–water partition coefficient (Wildman–Crippen LogP) is 2.54. The molecule has 0 saturated carbocycles. The maximum atomic E-state index is 13.1. The maximum absolute atomic E-state index is 13.1. The summed E-state index contributed by atoms with van der Waals surface area (Å²) >= 11 is 1.49. The number of halogens is 1. The molecule has 0 aliphatic heterocycles. The number of Topliss-reactive ketones (excluding diaryl/α,β-unsaturated/α-hetero) is 1. The fraction of sp³-hybridized carbons (Fsp3) is 0.0769. The highest BCUT2D eigenvalue weighted by Crippen LogP contribution is 2.17. The Morgan fingerprint density at radius 3 is 3.11 bits per heavy atom. The van der Waals surface area contributed by atoms with Crippen molar-refractivity contribution in [2.24, 2.45) is 0 Å². The van der Waals surface area contributed by atoms with Gasteiger partial charge < -0.3 is 5.73 Å². The van der Waals surface area contributed by atoms with Crippen LogP contribution in [0.3, 0.4) is 0 Å². The van der Waals surface area contributed by atoms with Crippen molar-refractivity contribution in [1.29, 1.82) is 0 Å². The molecule has 0 radical (unpaired) electrons. The van der Waals surface area contributed by atoms with Crippen LogP contribution in [0.25, 0.3) is 4.96 Å². The number of imidazole rings is 1. The summed E-state index contributed by atoms with van der Waals surface area (Å²) in [4.78, 5) is 17.2. The Kier molecular flexibility index (Phi) is 2.79. The quantitative estimate of drug-likeness (QED) is 0.590. The van der Waals surface area contributed by atoms with Crippen molar-refractivity contribution in [2.75, 3.05) is 5.73 Å². The van der Waals surface area contributed by atoms with Gasteiger partial charge in [0.1, 0.15) is 5.82 Å². The number of rotatable bonds is 3. The van der Waals surface area contributed by atoms with Crippen molar-refractivity contribution in [2.45, 2.75) is 6.42 Å². The molecule has 3 aromatic rings. The summed E-state index contributed by atoms with van der Waals surface area (Å²) in [6.45, 7) is 0. The lowest BCUT2D eigenvalue weighted by atomic mass is 10.0. The number of hydrogen-bond donors (Lipinski definition) is 1. The molecule has 0 atom stereocenters. The number of carbonyl (C=O) groups excluding carboxylic acids is 1. The van der Waals surface area contributed by atoms with E-state index in [1.807, 2.05) is 16.0 Å². The van der Waals surface area contributed by atoms with Crippen LogP contribution in [-0.2, 0) is 6.42 Å². The Bertz CT molecular complexity index is 734. The molecule has 0 bridgehead atoms. The molecule has 0 spiro atoms. The number of carbonyl (C=O) groups is 1. The van der Waals surface area contributed by atoms with Crippen molar-refractivity contribution < 1.29 is 9.18 Å². The topological polar surface area (TPSA) is 60.4 Å². The highest BCUT2D eigenvalue weighted by molar-refractivity contribution is 7.15. The molecule has 0 aliphatic carbocycles. The first kappa shape index (κ1) is 11.9. The average molecular weight is 275 g/mol. The number of aromatic nitrogens is 2. The number of ketones is 1. The van der Waals surface area contributed by atoms with Crippen LogP contribution in [0, 0.1) is 5.82 Å². The summed E-state index contributed by atoms with van der Waals surface area (Å²) in [5.41, 5.74) is 6.83. The van der Waals surface area contributed by atoms with Gasteiger partial charge in [0.15, 0.2) is 10.7 Å². The first-order valence-electron chi connectivity index (χ1n) is 5.63. The van der Waals surface area contributed by atoms with Crippen molar-refractivity contribution in [1.82, 2.24) is 9.38 Å². The van der Waals surface area contributed by atoms with Gasteiger partial charge in [-0.1, -0.05) is 0 Å². The standard InChI is InChI=1S/C13H10FN3OS/c14-8-1-2-11(15)10(5-8)12(18)6-9-7-17-3-4-19-13(17)16-9/h1-5,7H,6,15H2. The summed E-state index contributed by atoms with van der Waals surface area (Å²) in [7, 11) is 0. The van der Waals surface area contributed by atoms with Gasteiger partial charge in [0.25, 0.3) is 0 Å². The molecule has 6 heteroatoms. The Hall–Kier alpha value is -2.21. The second-order valence-electron chi connectivity index (χ2n) is 4.16. The van der Waals surface area contributed by atoms with E-state index in [2.05, 4.69) is 4.98 Å². The molecule has 0 aliphatic rings. The molecule has 2 N–H and O–H groups in total. The van der Waals surface area contributed by atoms with Crippen LogP contribution in [0.4, 0.5) is 10.1 Å². The van der Waals surface area contributed by atoms with Crippen LogP contribution >= 0.6 is 11.3 Å². The summed E-state index contributed by atoms with van der Waals surface area (Å²) < 4.78 is 15.0. The van der Waals surface area contributed by atoms with E-state index in [0.717, 1.165) is 11.0 Å². The highest BCUT2D eigenvalue weighted by Gasteiger charge is 2.14. The second-order valence-corrected chi connectivity index (χ2v) is 5.03. The van der Waals surface area contributed by atoms with Gasteiger partial charge in [0.2, 0.25) is 0 Å². The van der Waals surface area contributed by atoms with E-state index in [1.54, 1.807) is 6.20 Å². The molecule has 19 heavy (non-hydrogen) atoms. The minimum Gasteiger partial charge on any atom is -0.398 e. The number of benzene rings is 1. The first-order valence-corrected chi connectivity index (χ1v) is 6.51. The minimum atomic E-state index is -0.469. The molecule has 2 aromatic heterocycles. The number of fused-ring (bicyclic) bond motifs is 1. The SMILES string of the molecule is Nc1ccc(F)cc1C(=O)Cc1cn2ccsc2n1. The maximum Gasteiger partial charge on any atom is 0.193 e. The van der Waals surface area contributed by atoms with E-state index in [0.29, 0.717) is 5.69 Å². The van der Waals surface area contributed by atoms with Gasteiger partial charge in [-0.2, -0.15) is 0 Å². The van der Waals surface area contributed by atoms with Gasteiger partial charge in [0.05, 0.1) is 12.1 Å². The van der Waals surface area contributed by atoms with Crippen LogP contribution in [0.2, 0.25) is 0 Å². The molecule has 2 heterocycles. The molecule has 0 amide bonds. The molecular weight excluding hydrogens is 265 g/mol. The number of nitrogens with two attached hydrogens (primary N) is 1. The van der Waals surface area contributed by atoms with Crippen molar-refractivity contribution in [3.05, 3.63) is 53.0 Å². The van der Waals surface area contributed by atoms with Crippen LogP contribution in [0.5, 0.6) is 0 Å². The van der Waals surface area contributed by atoms with Crippen LogP contribution in [-0.4, -0.2) is 15.2 Å². The van der Waals surface area contributed by atoms with E-state index in [9.17, 15) is 9.18 Å². The van der Waals surface area contributed by atoms with Crippen molar-refractivity contribution in [3.63, 3.8) is 0 Å². The van der Waals surface area contributed by atoms with Gasteiger partial charge in [-0.05, 0) is 18.2 Å². The first-order chi connectivity index (χ1) is 9.13. The zero-order chi connectivity index (χ0) is 13.4. The summed E-state index contributed by atoms with van der Waals surface area (Å²) in [5, 5.41) is 1.92. The molecule has 96 valence electrons. The zero-order valence-electron chi connectivity index (χ0n) is 9.84. The van der Waals surface area contributed by atoms with Gasteiger partial charge >= 0.3 is 0 Å². The summed E-state index contributed by atoms with van der Waals surface area (Å²) in [6.07, 6.45) is 3.78. The Morgan fingerprint density at radius 1 is 1.47 bits per heavy atom. The van der Waals surface area contributed by atoms with Crippen LogP contribution in [0.1, 0.15) is 16.1 Å². The van der Waals surface area contributed by atoms with Crippen molar-refractivity contribution in [3.8, 4) is 0 Å². The van der Waals surface area contributed by atoms with Crippen LogP contribution in [0.15, 0.2) is 36.0 Å². The number of nitrogen functional groups attached to an aromatic ring is 1. The molecule has 0 saturated heterocycles. The lowest BCUT2D eigenvalue weighted by molar-refractivity contribution is 0.0992. The Morgan fingerprint density at radius 2 is 2.32 bits per heavy atom. The second kappa shape index (κ2) is 4.47. The normalized spacial score (nSPS) is 11.0. The average Bonchev–Trinajstić information content (AvgIpc) is 2.92. The number of anilines is 1. The van der Waals surface area contributed by atoms with E-state index in [4.69, 9.17) is 5.73 Å². The third-order valence-electron chi connectivity index (χ3n) is 2.80. The van der Waals surface area contributed by atoms with Crippen molar-refractivity contribution >= 4 is 27.8 Å². The van der Waals surface area contributed by atoms with Gasteiger partial charge in [-0.25, -0.2) is 9.37 Å². The zero-order valence-corrected chi connectivity index (χ0v) is 10.7. The van der Waals surface area contributed by atoms with E-state index in [-0.39, 0.29) is 23.5 Å². The molecule has 1 aromatic carbocycles. The van der Waals surface area contributed by atoms with Gasteiger partial charge in [-0.3, -0.25) is 9.20 Å². The van der Waals surface area contributed by atoms with E-state index in [1.165, 1.54) is 23.5 Å². The summed E-state index contributed by atoms with van der Waals surface area (Å²) in [6, 6.07) is 3.79. The van der Waals surface area contributed by atoms with Gasteiger partial charge in [-0.15, -0.1) is 11.3 Å². The lowest BCUT2D eigenvalue weighted by Gasteiger charge is -2.03. The predicted molar refractivity (Wildman–Crippen MR) is 71.9 cm³/mol. The van der Waals surface area contributed by atoms with E-state index >= 15 is 0 Å². The lowest BCUT2D eigenvalue weighted by Crippen LogP contribution is -2.07. The Labute approximate surface area is 112 Å². The third kappa shape index (κ3) is 2.22. The number of thiazole rings is 1. The monoisotopic (exact) mass is 275 g/mol. The molecular formula is C13H10FN3OS.